The molecule has 1 aliphatic carbocycles. The lowest BCUT2D eigenvalue weighted by molar-refractivity contribution is 0.0939. The fraction of sp³-hybridized carbons (Fsp3) is 0.571. The number of hydrogen-bond donors (Lipinski definition) is 2. The second kappa shape index (κ2) is 5.85. The molecule has 0 atom stereocenters. The number of nitrogens with zero attached hydrogens (tertiary/aromatic N) is 1. The minimum atomic E-state index is -0.214. The molecule has 1 amide bonds. The zero-order valence-corrected chi connectivity index (χ0v) is 10.7. The van der Waals surface area contributed by atoms with E-state index in [1.807, 2.05) is 0 Å². The molecule has 4 heteroatoms. The molecule has 0 bridgehead atoms. The highest BCUT2D eigenvalue weighted by Gasteiger charge is 2.19. The predicted octanol–water partition coefficient (Wildman–Crippen LogP) is 2.34. The van der Waals surface area contributed by atoms with Crippen molar-refractivity contribution in [1.82, 2.24) is 10.3 Å². The predicted molar refractivity (Wildman–Crippen MR) is 69.4 cm³/mol. The molecule has 1 fully saturated rings. The zero-order valence-electron chi connectivity index (χ0n) is 10.7. The summed E-state index contributed by atoms with van der Waals surface area (Å²) in [5.74, 6) is 1.12. The van der Waals surface area contributed by atoms with Gasteiger partial charge in [0.1, 0.15) is 5.75 Å². The van der Waals surface area contributed by atoms with E-state index in [1.165, 1.54) is 44.1 Å². The summed E-state index contributed by atoms with van der Waals surface area (Å²) in [5.41, 5.74) is 0.300. The summed E-state index contributed by atoms with van der Waals surface area (Å²) >= 11 is 0. The maximum Gasteiger partial charge on any atom is 0.255 e. The molecule has 4 nitrogen and oxygen atoms in total. The lowest BCUT2D eigenvalue weighted by atomic mass is 9.83. The molecule has 1 heterocycles. The van der Waals surface area contributed by atoms with Crippen LogP contribution in [-0.2, 0) is 0 Å². The Bertz CT molecular complexity index is 412. The van der Waals surface area contributed by atoms with Crippen molar-refractivity contribution in [2.75, 3.05) is 6.54 Å². The van der Waals surface area contributed by atoms with Crippen molar-refractivity contribution in [3.8, 4) is 5.75 Å². The Morgan fingerprint density at radius 2 is 2.17 bits per heavy atom. The Hall–Kier alpha value is -1.58. The molecule has 0 saturated heterocycles. The number of pyridine rings is 1. The van der Waals surface area contributed by atoms with Crippen LogP contribution >= 0.6 is 0 Å². The molecule has 0 spiro atoms. The van der Waals surface area contributed by atoms with Gasteiger partial charge in [-0.25, -0.2) is 0 Å². The van der Waals surface area contributed by atoms with Crippen LogP contribution in [0.5, 0.6) is 5.75 Å². The Kier molecular flexibility index (Phi) is 4.18. The maximum absolute atomic E-state index is 11.9. The fourth-order valence-corrected chi connectivity index (χ4v) is 2.44. The Balaban J connectivity index is 1.84. The van der Waals surface area contributed by atoms with E-state index in [2.05, 4.69) is 17.2 Å². The van der Waals surface area contributed by atoms with Gasteiger partial charge in [-0.15, -0.1) is 0 Å². The quantitative estimate of drug-likeness (QED) is 0.863. The van der Waals surface area contributed by atoms with Gasteiger partial charge in [0, 0.05) is 12.7 Å². The highest BCUT2D eigenvalue weighted by Crippen LogP contribution is 2.27. The second-order valence-electron chi connectivity index (χ2n) is 5.23. The molecule has 98 valence electrons. The SMILES string of the molecule is CC1CCC(CNC(=O)c2ccncc2O)CC1. The van der Waals surface area contributed by atoms with Crippen LogP contribution in [0.4, 0.5) is 0 Å². The molecule has 0 unspecified atom stereocenters. The summed E-state index contributed by atoms with van der Waals surface area (Å²) in [6, 6.07) is 1.54. The number of amides is 1. The Morgan fingerprint density at radius 3 is 2.83 bits per heavy atom. The molecule has 1 aromatic rings. The minimum absolute atomic E-state index is 0.0627. The molecular weight excluding hydrogens is 228 g/mol. The average molecular weight is 248 g/mol. The molecule has 1 aliphatic rings. The highest BCUT2D eigenvalue weighted by molar-refractivity contribution is 5.96. The third-order valence-corrected chi connectivity index (χ3v) is 3.73. The van der Waals surface area contributed by atoms with E-state index in [-0.39, 0.29) is 11.7 Å². The van der Waals surface area contributed by atoms with Gasteiger partial charge in [-0.2, -0.15) is 0 Å². The van der Waals surface area contributed by atoms with Crippen molar-refractivity contribution >= 4 is 5.91 Å². The summed E-state index contributed by atoms with van der Waals surface area (Å²) in [6.45, 7) is 2.98. The lowest BCUT2D eigenvalue weighted by Gasteiger charge is -2.26. The van der Waals surface area contributed by atoms with Crippen LogP contribution in [0.1, 0.15) is 43.0 Å². The van der Waals surface area contributed by atoms with Gasteiger partial charge in [-0.05, 0) is 30.7 Å². The van der Waals surface area contributed by atoms with Crippen LogP contribution in [0.15, 0.2) is 18.5 Å². The van der Waals surface area contributed by atoms with Crippen molar-refractivity contribution in [2.24, 2.45) is 11.8 Å². The van der Waals surface area contributed by atoms with E-state index in [0.717, 1.165) is 5.92 Å². The average Bonchev–Trinajstić information content (AvgIpc) is 2.38. The number of carbonyl (C=O) groups excluding carboxylic acids is 1. The molecule has 0 aromatic carbocycles. The molecule has 1 saturated carbocycles. The van der Waals surface area contributed by atoms with E-state index in [0.29, 0.717) is 18.0 Å². The smallest absolute Gasteiger partial charge is 0.255 e. The van der Waals surface area contributed by atoms with Gasteiger partial charge in [-0.3, -0.25) is 9.78 Å². The number of nitrogens with one attached hydrogen (secondary N) is 1. The molecule has 18 heavy (non-hydrogen) atoms. The van der Waals surface area contributed by atoms with E-state index in [9.17, 15) is 9.90 Å². The van der Waals surface area contributed by atoms with Gasteiger partial charge in [0.15, 0.2) is 0 Å². The second-order valence-corrected chi connectivity index (χ2v) is 5.23. The number of aromatic hydroxyl groups is 1. The first kappa shape index (κ1) is 12.9. The van der Waals surface area contributed by atoms with Crippen molar-refractivity contribution < 1.29 is 9.90 Å². The zero-order chi connectivity index (χ0) is 13.0. The number of aromatic nitrogens is 1. The normalized spacial score (nSPS) is 23.6. The first-order valence-electron chi connectivity index (χ1n) is 6.58. The molecule has 0 radical (unpaired) electrons. The van der Waals surface area contributed by atoms with E-state index >= 15 is 0 Å². The van der Waals surface area contributed by atoms with E-state index in [4.69, 9.17) is 0 Å². The summed E-state index contributed by atoms with van der Waals surface area (Å²) in [4.78, 5) is 15.6. The molecule has 1 aromatic heterocycles. The van der Waals surface area contributed by atoms with Gasteiger partial charge >= 0.3 is 0 Å². The number of rotatable bonds is 3. The monoisotopic (exact) mass is 248 g/mol. The van der Waals surface area contributed by atoms with Gasteiger partial charge in [0.25, 0.3) is 5.91 Å². The van der Waals surface area contributed by atoms with Crippen molar-refractivity contribution in [3.63, 3.8) is 0 Å². The molecule has 0 aliphatic heterocycles. The largest absolute Gasteiger partial charge is 0.505 e. The van der Waals surface area contributed by atoms with E-state index < -0.39 is 0 Å². The highest BCUT2D eigenvalue weighted by atomic mass is 16.3. The van der Waals surface area contributed by atoms with Crippen molar-refractivity contribution in [3.05, 3.63) is 24.0 Å². The fourth-order valence-electron chi connectivity index (χ4n) is 2.44. The van der Waals surface area contributed by atoms with Crippen LogP contribution in [0.25, 0.3) is 0 Å². The van der Waals surface area contributed by atoms with Crippen LogP contribution in [0.2, 0.25) is 0 Å². The van der Waals surface area contributed by atoms with Gasteiger partial charge in [0.2, 0.25) is 0 Å². The number of hydrogen-bond acceptors (Lipinski definition) is 3. The van der Waals surface area contributed by atoms with Crippen molar-refractivity contribution in [2.45, 2.75) is 32.6 Å². The Labute approximate surface area is 107 Å². The van der Waals surface area contributed by atoms with Gasteiger partial charge in [0.05, 0.1) is 11.8 Å². The Morgan fingerprint density at radius 1 is 1.44 bits per heavy atom. The third kappa shape index (κ3) is 3.22. The van der Waals surface area contributed by atoms with Crippen LogP contribution < -0.4 is 5.32 Å². The first-order chi connectivity index (χ1) is 8.66. The standard InChI is InChI=1S/C14H20N2O2/c1-10-2-4-11(5-3-10)8-16-14(18)12-6-7-15-9-13(12)17/h6-7,9-11,17H,2-5,8H2,1H3,(H,16,18). The summed E-state index contributed by atoms with van der Waals surface area (Å²) in [5, 5.41) is 12.4. The topological polar surface area (TPSA) is 62.2 Å². The number of carbonyl (C=O) groups is 1. The first-order valence-corrected chi connectivity index (χ1v) is 6.58. The maximum atomic E-state index is 11.9. The van der Waals surface area contributed by atoms with Crippen LogP contribution in [0.3, 0.4) is 0 Å². The van der Waals surface area contributed by atoms with Crippen LogP contribution in [0, 0.1) is 11.8 Å². The minimum Gasteiger partial charge on any atom is -0.505 e. The molecule has 2 rings (SSSR count). The van der Waals surface area contributed by atoms with Crippen molar-refractivity contribution in [1.29, 1.82) is 0 Å². The lowest BCUT2D eigenvalue weighted by Crippen LogP contribution is -2.31. The summed E-state index contributed by atoms with van der Waals surface area (Å²) in [7, 11) is 0. The third-order valence-electron chi connectivity index (χ3n) is 3.73. The molecular formula is C14H20N2O2. The van der Waals surface area contributed by atoms with Crippen LogP contribution in [-0.4, -0.2) is 22.5 Å². The summed E-state index contributed by atoms with van der Waals surface area (Å²) < 4.78 is 0. The summed E-state index contributed by atoms with van der Waals surface area (Å²) in [6.07, 6.45) is 7.67. The van der Waals surface area contributed by atoms with Gasteiger partial charge in [-0.1, -0.05) is 19.8 Å². The van der Waals surface area contributed by atoms with E-state index in [1.54, 1.807) is 0 Å². The van der Waals surface area contributed by atoms with Gasteiger partial charge < -0.3 is 10.4 Å². The molecule has 2 N–H and O–H groups in total.